The molecule has 0 fully saturated rings. The van der Waals surface area contributed by atoms with E-state index in [1.54, 1.807) is 50.4 Å². The first-order valence-corrected chi connectivity index (χ1v) is 35.9. The number of nitrogens with two attached hydrogens (primary N) is 6. The van der Waals surface area contributed by atoms with Gasteiger partial charge in [-0.1, -0.05) is 85.7 Å². The summed E-state index contributed by atoms with van der Waals surface area (Å²) in [6.45, 7) is 12.2. The Kier molecular flexibility index (Phi) is 42.6. The Morgan fingerprint density at radius 3 is 1.34 bits per heavy atom. The van der Waals surface area contributed by atoms with E-state index >= 15 is 0 Å². The summed E-state index contributed by atoms with van der Waals surface area (Å²) < 4.78 is 0. The van der Waals surface area contributed by atoms with Crippen molar-refractivity contribution in [2.45, 2.75) is 205 Å². The number of benzene rings is 1. The van der Waals surface area contributed by atoms with E-state index in [2.05, 4.69) is 74.1 Å². The van der Waals surface area contributed by atoms with Crippen molar-refractivity contribution in [2.24, 2.45) is 63.1 Å². The standard InChI is InChI=1S/C66H108N20O20S/c1-31(2)25-41(81-57(97)39(19-21-46(69)88)78-59(99)43(27-47(70)89)83-63(103)52(33(5)6)86-64(104)53(34(7)8)85-61(101)44(28-50(92)93)80-55(95)37(67)22-24-107-10)60(100)84-51(32(3)4)62(102)76-35(9)54(94)75-29-48(90)74-30-49(91)77-38(18-20-45(68)87)56(96)82-42(26-36-15-12-11-13-16-36)58(98)79-40(65(105)106)17-14-23-73-66(71)72/h11-13,15-16,31-35,37-44,51-53H,14,17-30,67H2,1-10H3,(H2,68,87)(H2,69,88)(H2,70,89)(H,74,90)(H,75,94)(H,76,102)(H,77,91)(H,78,99)(H,79,98)(H,80,95)(H,81,97)(H,82,96)(H,83,103)(H,84,100)(H,85,101)(H,86,104)(H,92,93)(H,105,106)(H4,71,72,73)/t35-,37-,38-,39-,40-,41-,42-,43-,44-,51-,52-,53-/m0/s1. The lowest BCUT2D eigenvalue weighted by molar-refractivity contribution is -0.142. The molecular weight excluding hydrogens is 1420 g/mol. The molecule has 0 radical (unpaired) electrons. The van der Waals surface area contributed by atoms with E-state index in [9.17, 15) is 96.5 Å². The summed E-state index contributed by atoms with van der Waals surface area (Å²) in [6.07, 6.45) is -1.90. The number of carbonyl (C=O) groups excluding carboxylic acids is 16. The maximum absolute atomic E-state index is 14.2. The SMILES string of the molecule is CSCC[C@H](N)C(=O)N[C@@H](CC(=O)O)C(=O)N[C@H](C(=O)N[C@H](C(=O)N[C@@H](CC(N)=O)C(=O)N[C@@H](CCC(N)=O)C(=O)N[C@@H](CC(C)C)C(=O)N[C@H](C(=O)N[C@@H](C)C(=O)NCC(=O)NCC(=O)N[C@@H](CCC(N)=O)C(=O)N[C@@H](Cc1ccccc1)C(=O)N[C@@H](CCCN=C(N)N)C(=O)O)C(C)C)C(C)C)C(C)C. The number of amides is 16. The highest BCUT2D eigenvalue weighted by Crippen LogP contribution is 2.14. The van der Waals surface area contributed by atoms with Crippen LogP contribution >= 0.6 is 11.8 Å². The fourth-order valence-electron chi connectivity index (χ4n) is 9.97. The van der Waals surface area contributed by atoms with Crippen LogP contribution in [0.2, 0.25) is 0 Å². The molecule has 1 aromatic carbocycles. The molecular formula is C66H108N20O20S. The third-order valence-corrected chi connectivity index (χ3v) is 16.5. The lowest BCUT2D eigenvalue weighted by Crippen LogP contribution is -2.62. The number of nitrogens with zero attached hydrogens (tertiary/aromatic N) is 1. The Balaban J connectivity index is 3.27. The summed E-state index contributed by atoms with van der Waals surface area (Å²) in [6, 6.07) is -9.77. The molecule has 41 heteroatoms. The summed E-state index contributed by atoms with van der Waals surface area (Å²) in [4.78, 5) is 242. The predicted molar refractivity (Wildman–Crippen MR) is 388 cm³/mol. The molecule has 0 bridgehead atoms. The van der Waals surface area contributed by atoms with Gasteiger partial charge in [0.05, 0.1) is 32.0 Å². The zero-order chi connectivity index (χ0) is 81.5. The highest BCUT2D eigenvalue weighted by Gasteiger charge is 2.39. The fourth-order valence-corrected chi connectivity index (χ4v) is 10.5. The van der Waals surface area contributed by atoms with E-state index in [1.165, 1.54) is 60.2 Å². The number of carboxylic acids is 2. The van der Waals surface area contributed by atoms with Crippen molar-refractivity contribution < 1.29 is 96.5 Å². The summed E-state index contributed by atoms with van der Waals surface area (Å²) in [5, 5.41) is 50.6. The lowest BCUT2D eigenvalue weighted by Gasteiger charge is -2.30. The number of guanidine groups is 1. The van der Waals surface area contributed by atoms with Crippen LogP contribution in [-0.4, -0.2) is 227 Å². The number of hydrogen-bond acceptors (Lipinski definition) is 21. The van der Waals surface area contributed by atoms with Gasteiger partial charge >= 0.3 is 11.9 Å². The molecule has 1 rings (SSSR count). The Hall–Kier alpha value is -10.7. The maximum Gasteiger partial charge on any atom is 0.326 e. The topological polar surface area (TPSA) is 673 Å². The number of nitrogens with one attached hydrogen (secondary N) is 13. The average Bonchev–Trinajstić information content (AvgIpc) is 0.852. The number of aliphatic imine (C=N–C) groups is 1. The van der Waals surface area contributed by atoms with E-state index in [0.717, 1.165) is 0 Å². The van der Waals surface area contributed by atoms with Crippen molar-refractivity contribution >= 4 is 124 Å². The van der Waals surface area contributed by atoms with Crippen LogP contribution < -0.4 is 104 Å². The van der Waals surface area contributed by atoms with Gasteiger partial charge in [-0.05, 0) is 86.7 Å². The molecule has 16 amide bonds. The summed E-state index contributed by atoms with van der Waals surface area (Å²) in [5.41, 5.74) is 33.4. The van der Waals surface area contributed by atoms with E-state index in [0.29, 0.717) is 11.3 Å². The predicted octanol–water partition coefficient (Wildman–Crippen LogP) is -7.07. The Bertz CT molecular complexity index is 3300. The second-order valence-corrected chi connectivity index (χ2v) is 27.7. The highest BCUT2D eigenvalue weighted by atomic mass is 32.2. The lowest BCUT2D eigenvalue weighted by atomic mass is 9.98. The first-order chi connectivity index (χ1) is 50.0. The van der Waals surface area contributed by atoms with Gasteiger partial charge in [0.25, 0.3) is 0 Å². The Labute approximate surface area is 623 Å². The van der Waals surface area contributed by atoms with Crippen LogP contribution in [0.15, 0.2) is 35.3 Å². The number of thioether (sulfide) groups is 1. The zero-order valence-corrected chi connectivity index (χ0v) is 62.6. The molecule has 598 valence electrons. The van der Waals surface area contributed by atoms with Crippen LogP contribution in [0.25, 0.3) is 0 Å². The molecule has 0 spiro atoms. The van der Waals surface area contributed by atoms with Crippen LogP contribution in [0.4, 0.5) is 0 Å². The van der Waals surface area contributed by atoms with E-state index < -0.39 is 242 Å². The molecule has 0 aromatic heterocycles. The number of carbonyl (C=O) groups is 18. The minimum absolute atomic E-state index is 0.0564. The second-order valence-electron chi connectivity index (χ2n) is 26.7. The van der Waals surface area contributed by atoms with E-state index in [-0.39, 0.29) is 56.9 Å². The molecule has 0 heterocycles. The highest BCUT2D eigenvalue weighted by molar-refractivity contribution is 7.98. The second kappa shape index (κ2) is 48.4. The van der Waals surface area contributed by atoms with Crippen molar-refractivity contribution in [3.63, 3.8) is 0 Å². The van der Waals surface area contributed by atoms with Gasteiger partial charge in [0.2, 0.25) is 94.5 Å². The van der Waals surface area contributed by atoms with Gasteiger partial charge in [-0.3, -0.25) is 86.5 Å². The quantitative estimate of drug-likeness (QED) is 0.0164. The Morgan fingerprint density at radius 1 is 0.430 bits per heavy atom. The number of carboxylic acid groups (broad SMARTS) is 2. The minimum atomic E-state index is -1.88. The third kappa shape index (κ3) is 37.7. The minimum Gasteiger partial charge on any atom is -0.481 e. The van der Waals surface area contributed by atoms with Gasteiger partial charge in [-0.25, -0.2) is 4.79 Å². The van der Waals surface area contributed by atoms with Gasteiger partial charge in [-0.2, -0.15) is 11.8 Å². The van der Waals surface area contributed by atoms with Crippen LogP contribution in [0.1, 0.15) is 132 Å². The molecule has 0 aliphatic heterocycles. The molecule has 12 atom stereocenters. The molecule has 107 heavy (non-hydrogen) atoms. The van der Waals surface area contributed by atoms with E-state index in [4.69, 9.17) is 34.4 Å². The smallest absolute Gasteiger partial charge is 0.326 e. The van der Waals surface area contributed by atoms with Crippen molar-refractivity contribution in [2.75, 3.05) is 31.6 Å². The van der Waals surface area contributed by atoms with Crippen molar-refractivity contribution in [3.8, 4) is 0 Å². The fraction of sp³-hybridized carbons (Fsp3) is 0.621. The first-order valence-electron chi connectivity index (χ1n) is 34.5. The van der Waals surface area contributed by atoms with Crippen molar-refractivity contribution in [3.05, 3.63) is 35.9 Å². The van der Waals surface area contributed by atoms with Crippen LogP contribution in [0.3, 0.4) is 0 Å². The first kappa shape index (κ1) is 94.3. The van der Waals surface area contributed by atoms with Gasteiger partial charge in [0.15, 0.2) is 5.96 Å². The van der Waals surface area contributed by atoms with Crippen LogP contribution in [0, 0.1) is 23.7 Å². The monoisotopic (exact) mass is 1530 g/mol. The molecule has 0 unspecified atom stereocenters. The largest absolute Gasteiger partial charge is 0.481 e. The molecule has 1 aromatic rings. The van der Waals surface area contributed by atoms with Crippen molar-refractivity contribution in [1.29, 1.82) is 0 Å². The summed E-state index contributed by atoms with van der Waals surface area (Å²) in [5.74, 6) is -21.0. The number of rotatable bonds is 51. The normalized spacial score (nSPS) is 14.4. The van der Waals surface area contributed by atoms with Gasteiger partial charge in [0, 0.05) is 25.8 Å². The molecule has 0 saturated heterocycles. The van der Waals surface area contributed by atoms with Gasteiger partial charge < -0.3 is 114 Å². The molecule has 27 N–H and O–H groups in total. The number of aliphatic carboxylic acids is 2. The van der Waals surface area contributed by atoms with E-state index in [1.807, 2.05) is 0 Å². The molecule has 0 aliphatic rings. The molecule has 0 saturated carbocycles. The summed E-state index contributed by atoms with van der Waals surface area (Å²) in [7, 11) is 0. The van der Waals surface area contributed by atoms with Crippen LogP contribution in [0.5, 0.6) is 0 Å². The number of primary amides is 3. The average molecular weight is 1530 g/mol. The maximum atomic E-state index is 14.2. The summed E-state index contributed by atoms with van der Waals surface area (Å²) >= 11 is 1.40. The Morgan fingerprint density at radius 2 is 0.850 bits per heavy atom. The number of hydrogen-bond donors (Lipinski definition) is 21. The molecule has 40 nitrogen and oxygen atoms in total. The zero-order valence-electron chi connectivity index (χ0n) is 61.8. The third-order valence-electron chi connectivity index (χ3n) is 15.8. The van der Waals surface area contributed by atoms with Crippen molar-refractivity contribution in [1.82, 2.24) is 69.1 Å². The van der Waals surface area contributed by atoms with Crippen LogP contribution in [-0.2, 0) is 92.7 Å². The van der Waals surface area contributed by atoms with Gasteiger partial charge in [-0.15, -0.1) is 0 Å². The van der Waals surface area contributed by atoms with Gasteiger partial charge in [0.1, 0.15) is 66.5 Å². The molecule has 0 aliphatic carbocycles.